The minimum atomic E-state index is -0.117. The first-order valence-corrected chi connectivity index (χ1v) is 4.89. The molecular formula is C12H14N2O. The summed E-state index contributed by atoms with van der Waals surface area (Å²) in [4.78, 5) is 12.9. The molecule has 0 N–H and O–H groups in total. The summed E-state index contributed by atoms with van der Waals surface area (Å²) < 4.78 is 0. The normalized spacial score (nSPS) is 9.33. The number of amides is 1. The van der Waals surface area contributed by atoms with Crippen LogP contribution in [-0.4, -0.2) is 24.4 Å². The van der Waals surface area contributed by atoms with Gasteiger partial charge in [-0.2, -0.15) is 5.26 Å². The number of carbonyl (C=O) groups is 1. The molecule has 1 amide bonds. The van der Waals surface area contributed by atoms with Gasteiger partial charge in [-0.05, 0) is 12.0 Å². The van der Waals surface area contributed by atoms with Gasteiger partial charge in [0, 0.05) is 13.6 Å². The number of carbonyl (C=O) groups excluding carboxylic acids is 1. The zero-order chi connectivity index (χ0) is 11.1. The highest BCUT2D eigenvalue weighted by Gasteiger charge is 2.06. The number of likely N-dealkylation sites (N-methyl/N-ethyl adjacent to an activating group) is 1. The van der Waals surface area contributed by atoms with Crippen LogP contribution in [0.3, 0.4) is 0 Å². The number of nitrogens with zero attached hydrogens (tertiary/aromatic N) is 2. The van der Waals surface area contributed by atoms with Crippen molar-refractivity contribution in [3.8, 4) is 6.07 Å². The Morgan fingerprint density at radius 1 is 1.40 bits per heavy atom. The summed E-state index contributed by atoms with van der Waals surface area (Å²) in [5.41, 5.74) is 1.20. The fraction of sp³-hybridized carbons (Fsp3) is 0.333. The van der Waals surface area contributed by atoms with Gasteiger partial charge < -0.3 is 4.90 Å². The van der Waals surface area contributed by atoms with Crippen LogP contribution in [0.4, 0.5) is 0 Å². The van der Waals surface area contributed by atoms with Gasteiger partial charge in [0.2, 0.25) is 5.91 Å². The maximum Gasteiger partial charge on any atom is 0.236 e. The van der Waals surface area contributed by atoms with Crippen LogP contribution >= 0.6 is 0 Å². The van der Waals surface area contributed by atoms with Gasteiger partial charge in [0.25, 0.3) is 0 Å². The van der Waals surface area contributed by atoms with Crippen molar-refractivity contribution < 1.29 is 4.79 Å². The van der Waals surface area contributed by atoms with E-state index in [4.69, 9.17) is 5.26 Å². The van der Waals surface area contributed by atoms with Gasteiger partial charge in [-0.3, -0.25) is 4.79 Å². The average molecular weight is 202 g/mol. The Balaban J connectivity index is 2.38. The van der Waals surface area contributed by atoms with E-state index in [-0.39, 0.29) is 12.3 Å². The second-order valence-corrected chi connectivity index (χ2v) is 3.39. The number of benzene rings is 1. The monoisotopic (exact) mass is 202 g/mol. The molecule has 0 bridgehead atoms. The van der Waals surface area contributed by atoms with Crippen LogP contribution in [0.25, 0.3) is 0 Å². The second-order valence-electron chi connectivity index (χ2n) is 3.39. The van der Waals surface area contributed by atoms with Gasteiger partial charge >= 0.3 is 0 Å². The van der Waals surface area contributed by atoms with Crippen LogP contribution in [0.15, 0.2) is 30.3 Å². The third-order valence-corrected chi connectivity index (χ3v) is 2.23. The molecule has 0 saturated heterocycles. The van der Waals surface area contributed by atoms with Gasteiger partial charge in [0.1, 0.15) is 6.42 Å². The predicted octanol–water partition coefficient (Wildman–Crippen LogP) is 1.60. The Kier molecular flexibility index (Phi) is 4.36. The van der Waals surface area contributed by atoms with Crippen molar-refractivity contribution in [3.63, 3.8) is 0 Å². The number of nitriles is 1. The summed E-state index contributed by atoms with van der Waals surface area (Å²) in [6.07, 6.45) is 0.791. The highest BCUT2D eigenvalue weighted by Crippen LogP contribution is 2.01. The van der Waals surface area contributed by atoms with E-state index in [0.29, 0.717) is 6.54 Å². The molecule has 3 heteroatoms. The van der Waals surface area contributed by atoms with E-state index in [0.717, 1.165) is 6.42 Å². The molecule has 3 nitrogen and oxygen atoms in total. The number of hydrogen-bond acceptors (Lipinski definition) is 2. The fourth-order valence-corrected chi connectivity index (χ4v) is 1.27. The molecule has 0 aliphatic rings. The Morgan fingerprint density at radius 3 is 2.67 bits per heavy atom. The molecule has 0 unspecified atom stereocenters. The van der Waals surface area contributed by atoms with Gasteiger partial charge in [-0.25, -0.2) is 0 Å². The molecule has 0 fully saturated rings. The topological polar surface area (TPSA) is 44.1 Å². The first kappa shape index (κ1) is 11.3. The summed E-state index contributed by atoms with van der Waals surface area (Å²) in [6, 6.07) is 11.8. The van der Waals surface area contributed by atoms with E-state index < -0.39 is 0 Å². The van der Waals surface area contributed by atoms with Crippen molar-refractivity contribution in [1.29, 1.82) is 5.26 Å². The van der Waals surface area contributed by atoms with E-state index in [1.807, 2.05) is 36.4 Å². The number of rotatable bonds is 4. The molecule has 0 spiro atoms. The van der Waals surface area contributed by atoms with E-state index in [1.165, 1.54) is 5.56 Å². The first-order chi connectivity index (χ1) is 7.24. The van der Waals surface area contributed by atoms with E-state index in [9.17, 15) is 4.79 Å². The predicted molar refractivity (Wildman–Crippen MR) is 58.0 cm³/mol. The maximum atomic E-state index is 11.3. The number of hydrogen-bond donors (Lipinski definition) is 0. The summed E-state index contributed by atoms with van der Waals surface area (Å²) >= 11 is 0. The minimum absolute atomic E-state index is 0.0364. The SMILES string of the molecule is CN(CCc1ccccc1)C(=O)CC#N. The van der Waals surface area contributed by atoms with Crippen molar-refractivity contribution in [2.75, 3.05) is 13.6 Å². The maximum absolute atomic E-state index is 11.3. The van der Waals surface area contributed by atoms with Crippen LogP contribution in [-0.2, 0) is 11.2 Å². The second kappa shape index (κ2) is 5.82. The molecular weight excluding hydrogens is 188 g/mol. The lowest BCUT2D eigenvalue weighted by Crippen LogP contribution is -2.28. The average Bonchev–Trinajstić information content (AvgIpc) is 2.27. The van der Waals surface area contributed by atoms with Crippen LogP contribution < -0.4 is 0 Å². The van der Waals surface area contributed by atoms with Crippen LogP contribution in [0.2, 0.25) is 0 Å². The molecule has 0 saturated carbocycles. The third-order valence-electron chi connectivity index (χ3n) is 2.23. The Labute approximate surface area is 89.9 Å². The van der Waals surface area contributed by atoms with Gasteiger partial charge in [-0.15, -0.1) is 0 Å². The van der Waals surface area contributed by atoms with Gasteiger partial charge in [0.15, 0.2) is 0 Å². The highest BCUT2D eigenvalue weighted by molar-refractivity contribution is 5.77. The molecule has 0 heterocycles. The van der Waals surface area contributed by atoms with Crippen LogP contribution in [0, 0.1) is 11.3 Å². The standard InChI is InChI=1S/C12H14N2O/c1-14(12(15)7-9-13)10-8-11-5-3-2-4-6-11/h2-6H,7-8,10H2,1H3. The van der Waals surface area contributed by atoms with Crippen molar-refractivity contribution in [2.24, 2.45) is 0 Å². The molecule has 15 heavy (non-hydrogen) atoms. The van der Waals surface area contributed by atoms with Crippen molar-refractivity contribution in [3.05, 3.63) is 35.9 Å². The zero-order valence-corrected chi connectivity index (χ0v) is 8.81. The quantitative estimate of drug-likeness (QED) is 0.744. The lowest BCUT2D eigenvalue weighted by atomic mass is 10.1. The van der Waals surface area contributed by atoms with E-state index in [2.05, 4.69) is 0 Å². The van der Waals surface area contributed by atoms with E-state index in [1.54, 1.807) is 11.9 Å². The summed E-state index contributed by atoms with van der Waals surface area (Å²) in [6.45, 7) is 0.657. The molecule has 1 aromatic rings. The lowest BCUT2D eigenvalue weighted by Gasteiger charge is -2.15. The Hall–Kier alpha value is -1.82. The fourth-order valence-electron chi connectivity index (χ4n) is 1.27. The molecule has 0 atom stereocenters. The zero-order valence-electron chi connectivity index (χ0n) is 8.81. The third kappa shape index (κ3) is 3.82. The Bertz CT molecular complexity index is 354. The van der Waals surface area contributed by atoms with E-state index >= 15 is 0 Å². The molecule has 1 rings (SSSR count). The van der Waals surface area contributed by atoms with Gasteiger partial charge in [-0.1, -0.05) is 30.3 Å². The Morgan fingerprint density at radius 2 is 2.07 bits per heavy atom. The summed E-state index contributed by atoms with van der Waals surface area (Å²) in [5.74, 6) is -0.117. The van der Waals surface area contributed by atoms with Crippen molar-refractivity contribution >= 4 is 5.91 Å². The minimum Gasteiger partial charge on any atom is -0.345 e. The summed E-state index contributed by atoms with van der Waals surface area (Å²) in [7, 11) is 1.72. The molecule has 0 aliphatic heterocycles. The summed E-state index contributed by atoms with van der Waals surface area (Å²) in [5, 5.41) is 8.37. The molecule has 0 aromatic heterocycles. The molecule has 0 aliphatic carbocycles. The molecule has 78 valence electrons. The lowest BCUT2D eigenvalue weighted by molar-refractivity contribution is -0.128. The van der Waals surface area contributed by atoms with Crippen LogP contribution in [0.5, 0.6) is 0 Å². The van der Waals surface area contributed by atoms with Gasteiger partial charge in [0.05, 0.1) is 6.07 Å². The first-order valence-electron chi connectivity index (χ1n) is 4.89. The molecule has 1 aromatic carbocycles. The van der Waals surface area contributed by atoms with Crippen LogP contribution in [0.1, 0.15) is 12.0 Å². The molecule has 0 radical (unpaired) electrons. The van der Waals surface area contributed by atoms with Crippen molar-refractivity contribution in [2.45, 2.75) is 12.8 Å². The largest absolute Gasteiger partial charge is 0.345 e. The van der Waals surface area contributed by atoms with Crippen molar-refractivity contribution in [1.82, 2.24) is 4.90 Å². The smallest absolute Gasteiger partial charge is 0.236 e. The highest BCUT2D eigenvalue weighted by atomic mass is 16.2.